The molecule has 0 spiro atoms. The Morgan fingerprint density at radius 2 is 0.857 bits per heavy atom. The molecule has 4 heteroatoms. The summed E-state index contributed by atoms with van der Waals surface area (Å²) in [5.41, 5.74) is 0. The first kappa shape index (κ1) is 24.3. The molecule has 0 bridgehead atoms. The van der Waals surface area contributed by atoms with E-state index in [1.165, 1.54) is 0 Å². The molecule has 0 fully saturated rings. The Kier molecular flexibility index (Phi) is 54.6. The third-order valence-electron chi connectivity index (χ3n) is 0. The third kappa shape index (κ3) is 156. The number of halogens is 2. The Balaban J connectivity index is -0.0000000150. The Hall–Kier alpha value is 1.08. The molecule has 7 heavy (non-hydrogen) atoms. The topological polar surface area (TPSA) is 3.24 Å². The molecule has 46 valence electrons. The molecule has 0 aliphatic heterocycles. The first-order valence-electron chi connectivity index (χ1n) is 1.34. The van der Waals surface area contributed by atoms with Gasteiger partial charge in [0.15, 0.2) is 0 Å². The molecular formula is C3H11Cl2GeN. The van der Waals surface area contributed by atoms with E-state index >= 15 is 0 Å². The van der Waals surface area contributed by atoms with Gasteiger partial charge in [-0.15, -0.1) is 0 Å². The molecule has 0 atom stereocenters. The quantitative estimate of drug-likeness (QED) is 0.355. The Morgan fingerprint density at radius 1 is 0.857 bits per heavy atom. The van der Waals surface area contributed by atoms with E-state index in [0.29, 0.717) is 0 Å². The van der Waals surface area contributed by atoms with Crippen LogP contribution in [0.5, 0.6) is 0 Å². The predicted molar refractivity (Wildman–Crippen MR) is 28.2 cm³/mol. The molecule has 0 amide bonds. The maximum absolute atomic E-state index is 2.00. The molecule has 0 aromatic heterocycles. The molecule has 0 heterocycles. The second-order valence-electron chi connectivity index (χ2n) is 1.34. The van der Waals surface area contributed by atoms with Crippen LogP contribution in [0, 0.1) is 0 Å². The molecule has 0 aromatic carbocycles. The molecular weight excluding hydrogens is 194 g/mol. The van der Waals surface area contributed by atoms with E-state index in [2.05, 4.69) is 0 Å². The fraction of sp³-hybridized carbons (Fsp3) is 1.00. The van der Waals surface area contributed by atoms with Crippen molar-refractivity contribution in [3.63, 3.8) is 0 Å². The van der Waals surface area contributed by atoms with E-state index in [1.807, 2.05) is 26.0 Å². The number of hydrogen-bond donors (Lipinski definition) is 0. The van der Waals surface area contributed by atoms with Gasteiger partial charge < -0.3 is 29.7 Å². The maximum atomic E-state index is 2.00. The van der Waals surface area contributed by atoms with Gasteiger partial charge in [0, 0.05) is 0 Å². The molecule has 1 nitrogen and oxygen atoms in total. The van der Waals surface area contributed by atoms with Crippen LogP contribution in [0.4, 0.5) is 0 Å². The van der Waals surface area contributed by atoms with Crippen LogP contribution >= 0.6 is 0 Å². The van der Waals surface area contributed by atoms with Crippen LogP contribution in [-0.2, 0) is 0 Å². The van der Waals surface area contributed by atoms with Crippen molar-refractivity contribution in [3.8, 4) is 0 Å². The van der Waals surface area contributed by atoms with E-state index in [9.17, 15) is 0 Å². The zero-order chi connectivity index (χ0) is 3.58. The predicted octanol–water partition coefficient (Wildman–Crippen LogP) is -6.73. The zero-order valence-corrected chi connectivity index (χ0v) is 9.39. The van der Waals surface area contributed by atoms with Crippen molar-refractivity contribution in [3.05, 3.63) is 0 Å². The Labute approximate surface area is 68.6 Å². The second kappa shape index (κ2) is 15.7. The molecule has 0 saturated heterocycles. The van der Waals surface area contributed by atoms with Crippen molar-refractivity contribution in [2.45, 2.75) is 0 Å². The van der Waals surface area contributed by atoms with Crippen LogP contribution in [0.2, 0.25) is 0 Å². The molecule has 0 aliphatic rings. The van der Waals surface area contributed by atoms with Gasteiger partial charge in [0.25, 0.3) is 0 Å². The molecule has 0 aromatic rings. The van der Waals surface area contributed by atoms with Gasteiger partial charge in [0.05, 0.1) is 0 Å². The summed E-state index contributed by atoms with van der Waals surface area (Å²) in [6.45, 7) is 0. The van der Waals surface area contributed by atoms with Crippen molar-refractivity contribution in [1.82, 2.24) is 4.90 Å². The molecule has 0 rings (SSSR count). The first-order valence-corrected chi connectivity index (χ1v) is 1.34. The second-order valence-corrected chi connectivity index (χ2v) is 1.34. The zero-order valence-electron chi connectivity index (χ0n) is 4.91. The summed E-state index contributed by atoms with van der Waals surface area (Å²) < 4.78 is 0. The Morgan fingerprint density at radius 3 is 0.857 bits per heavy atom. The van der Waals surface area contributed by atoms with E-state index in [0.717, 1.165) is 0 Å². The molecule has 0 radical (unpaired) electrons. The van der Waals surface area contributed by atoms with Crippen molar-refractivity contribution in [1.29, 1.82) is 0 Å². The van der Waals surface area contributed by atoms with Gasteiger partial charge in [-0.1, -0.05) is 0 Å². The summed E-state index contributed by atoms with van der Waals surface area (Å²) >= 11 is 0. The van der Waals surface area contributed by atoms with E-state index in [1.54, 1.807) is 0 Å². The fourth-order valence-electron chi connectivity index (χ4n) is 0. The monoisotopic (exact) mass is 205 g/mol. The van der Waals surface area contributed by atoms with Crippen LogP contribution in [0.25, 0.3) is 0 Å². The van der Waals surface area contributed by atoms with Gasteiger partial charge in [0.2, 0.25) is 0 Å². The van der Waals surface area contributed by atoms with Crippen molar-refractivity contribution >= 4 is 17.6 Å². The fourth-order valence-corrected chi connectivity index (χ4v) is 0. The summed E-state index contributed by atoms with van der Waals surface area (Å²) in [5, 5.41) is 0. The van der Waals surface area contributed by atoms with Crippen LogP contribution in [-0.4, -0.2) is 43.6 Å². The van der Waals surface area contributed by atoms with E-state index in [-0.39, 0.29) is 42.4 Å². The molecule has 0 N–H and O–H groups in total. The summed E-state index contributed by atoms with van der Waals surface area (Å²) in [6.07, 6.45) is 0. The third-order valence-corrected chi connectivity index (χ3v) is 0. The average molecular weight is 205 g/mol. The van der Waals surface area contributed by atoms with Crippen molar-refractivity contribution in [2.24, 2.45) is 0 Å². The minimum absolute atomic E-state index is 0. The van der Waals surface area contributed by atoms with Gasteiger partial charge in [-0.2, -0.15) is 0 Å². The molecule has 0 aliphatic carbocycles. The van der Waals surface area contributed by atoms with Crippen LogP contribution in [0.15, 0.2) is 0 Å². The first-order chi connectivity index (χ1) is 1.73. The molecule has 0 saturated carbocycles. The SMILES string of the molecule is CN(C)C.[Cl-].[Cl-].[GeH2+2]. The van der Waals surface area contributed by atoms with Crippen molar-refractivity contribution < 1.29 is 24.8 Å². The summed E-state index contributed by atoms with van der Waals surface area (Å²) in [5.74, 6) is 0. The summed E-state index contributed by atoms with van der Waals surface area (Å²) in [4.78, 5) is 2.00. The van der Waals surface area contributed by atoms with Gasteiger partial charge in [-0.25, -0.2) is 0 Å². The van der Waals surface area contributed by atoms with Crippen LogP contribution in [0.3, 0.4) is 0 Å². The van der Waals surface area contributed by atoms with Crippen molar-refractivity contribution in [2.75, 3.05) is 21.1 Å². The minimum atomic E-state index is 0. The normalized spacial score (nSPS) is 5.14. The van der Waals surface area contributed by atoms with Gasteiger partial charge in [-0.05, 0) is 21.1 Å². The van der Waals surface area contributed by atoms with Crippen LogP contribution < -0.4 is 24.8 Å². The number of hydrogen-bond acceptors (Lipinski definition) is 1. The standard InChI is InChI=1S/C3H9N.2ClH.GeH2/c1-4(2)3;;;/h1-3H3;2*1H;1H2/q;;;+2/p-2. The number of nitrogens with zero attached hydrogens (tertiary/aromatic N) is 1. The van der Waals surface area contributed by atoms with Gasteiger partial charge in [0.1, 0.15) is 0 Å². The van der Waals surface area contributed by atoms with Crippen LogP contribution in [0.1, 0.15) is 0 Å². The Bertz CT molecular complexity index is 17.7. The van der Waals surface area contributed by atoms with E-state index < -0.39 is 0 Å². The summed E-state index contributed by atoms with van der Waals surface area (Å²) in [7, 11) is 6.00. The van der Waals surface area contributed by atoms with E-state index in [4.69, 9.17) is 0 Å². The summed E-state index contributed by atoms with van der Waals surface area (Å²) in [6, 6.07) is 0. The molecule has 0 unspecified atom stereocenters. The van der Waals surface area contributed by atoms with Gasteiger partial charge in [-0.3, -0.25) is 0 Å². The average Bonchev–Trinajstić information content (AvgIpc) is 0.811. The number of rotatable bonds is 0. The van der Waals surface area contributed by atoms with Gasteiger partial charge >= 0.3 is 17.6 Å².